The third-order valence-corrected chi connectivity index (χ3v) is 4.03. The zero-order chi connectivity index (χ0) is 10.8. The van der Waals surface area contributed by atoms with Crippen LogP contribution in [0.1, 0.15) is 11.5 Å². The molecule has 1 atom stereocenters. The van der Waals surface area contributed by atoms with E-state index in [0.29, 0.717) is 0 Å². The summed E-state index contributed by atoms with van der Waals surface area (Å²) in [5.41, 5.74) is 0.942. The summed E-state index contributed by atoms with van der Waals surface area (Å²) in [5, 5.41) is 14.3. The quantitative estimate of drug-likeness (QED) is 0.432. The molecule has 0 spiro atoms. The van der Waals surface area contributed by atoms with E-state index >= 15 is 0 Å². The first-order valence-electron chi connectivity index (χ1n) is 3.62. The molecule has 0 aliphatic heterocycles. The van der Waals surface area contributed by atoms with Crippen LogP contribution in [0.15, 0.2) is 16.8 Å². The van der Waals surface area contributed by atoms with Crippen LogP contribution in [0.25, 0.3) is 0 Å². The fourth-order valence-corrected chi connectivity index (χ4v) is 2.96. The molecule has 0 radical (unpaired) electrons. The molecule has 0 fully saturated rings. The van der Waals surface area contributed by atoms with Crippen LogP contribution in [0.4, 0.5) is 0 Å². The van der Waals surface area contributed by atoms with Gasteiger partial charge in [-0.25, -0.2) is 0 Å². The van der Waals surface area contributed by atoms with Crippen LogP contribution in [0.3, 0.4) is 0 Å². The van der Waals surface area contributed by atoms with Crippen molar-refractivity contribution in [2.75, 3.05) is 6.54 Å². The molecule has 78 valence electrons. The predicted molar refractivity (Wildman–Crippen MR) is 68.4 cm³/mol. The maximum absolute atomic E-state index is 10.5. The smallest absolute Gasteiger partial charge is 0.213 e. The molecule has 1 aromatic heterocycles. The van der Waals surface area contributed by atoms with Crippen molar-refractivity contribution in [1.29, 1.82) is 0 Å². The number of hydrogen-bond acceptors (Lipinski definition) is 3. The highest BCUT2D eigenvalue weighted by Crippen LogP contribution is 2.46. The van der Waals surface area contributed by atoms with E-state index < -0.39 is 2.14 Å². The summed E-state index contributed by atoms with van der Waals surface area (Å²) in [6.07, 6.45) is 0. The van der Waals surface area contributed by atoms with Crippen molar-refractivity contribution in [3.63, 3.8) is 0 Å². The van der Waals surface area contributed by atoms with Crippen molar-refractivity contribution >= 4 is 59.1 Å². The van der Waals surface area contributed by atoms with Gasteiger partial charge in [-0.3, -0.25) is 10.1 Å². The van der Waals surface area contributed by atoms with E-state index in [-0.39, 0.29) is 17.4 Å². The standard InChI is InChI=1S/C7H6Br3NO2S/c8-7(9,10)6(3-11(12)13)5-1-2-14-4-5/h1-2,4,6H,3H2. The summed E-state index contributed by atoms with van der Waals surface area (Å²) in [6, 6.07) is 1.89. The number of alkyl halides is 3. The van der Waals surface area contributed by atoms with Crippen molar-refractivity contribution < 1.29 is 4.92 Å². The lowest BCUT2D eigenvalue weighted by Crippen LogP contribution is -2.23. The van der Waals surface area contributed by atoms with Gasteiger partial charge in [0.25, 0.3) is 0 Å². The minimum Gasteiger partial charge on any atom is -0.265 e. The lowest BCUT2D eigenvalue weighted by Gasteiger charge is -2.20. The maximum Gasteiger partial charge on any atom is 0.213 e. The van der Waals surface area contributed by atoms with Gasteiger partial charge >= 0.3 is 0 Å². The minimum atomic E-state index is -0.624. The molecule has 0 amide bonds. The molecule has 0 saturated carbocycles. The van der Waals surface area contributed by atoms with Crippen molar-refractivity contribution in [2.24, 2.45) is 0 Å². The zero-order valence-electron chi connectivity index (χ0n) is 6.82. The van der Waals surface area contributed by atoms with E-state index in [1.165, 1.54) is 11.3 Å². The summed E-state index contributed by atoms with van der Waals surface area (Å²) in [6.45, 7) is -0.127. The molecule has 1 heterocycles. The lowest BCUT2D eigenvalue weighted by molar-refractivity contribution is -0.483. The largest absolute Gasteiger partial charge is 0.265 e. The number of halogens is 3. The first-order chi connectivity index (χ1) is 6.41. The van der Waals surface area contributed by atoms with Crippen molar-refractivity contribution in [3.8, 4) is 0 Å². The van der Waals surface area contributed by atoms with E-state index in [4.69, 9.17) is 0 Å². The van der Waals surface area contributed by atoms with Crippen LogP contribution in [0, 0.1) is 10.1 Å². The molecule has 0 aliphatic carbocycles. The molecule has 14 heavy (non-hydrogen) atoms. The van der Waals surface area contributed by atoms with E-state index in [0.717, 1.165) is 5.56 Å². The molecule has 1 rings (SSSR count). The lowest BCUT2D eigenvalue weighted by atomic mass is 10.1. The van der Waals surface area contributed by atoms with E-state index in [1.54, 1.807) is 0 Å². The average molecular weight is 408 g/mol. The summed E-state index contributed by atoms with van der Waals surface area (Å²) < 4.78 is -0.624. The highest BCUT2D eigenvalue weighted by Gasteiger charge is 2.36. The highest BCUT2D eigenvalue weighted by molar-refractivity contribution is 9.39. The van der Waals surface area contributed by atoms with Gasteiger partial charge in [0.05, 0.1) is 5.92 Å². The molecule has 7 heteroatoms. The van der Waals surface area contributed by atoms with Gasteiger partial charge in [0.2, 0.25) is 6.54 Å². The van der Waals surface area contributed by atoms with Crippen LogP contribution in [-0.4, -0.2) is 13.6 Å². The fourth-order valence-electron chi connectivity index (χ4n) is 1.02. The molecule has 0 bridgehead atoms. The van der Waals surface area contributed by atoms with Gasteiger partial charge in [0.15, 0.2) is 0 Å². The number of hydrogen-bond donors (Lipinski definition) is 0. The second-order valence-corrected chi connectivity index (χ2v) is 10.4. The Balaban J connectivity index is 2.89. The highest BCUT2D eigenvalue weighted by atomic mass is 80.0. The first-order valence-corrected chi connectivity index (χ1v) is 6.94. The summed E-state index contributed by atoms with van der Waals surface area (Å²) in [5.74, 6) is -0.247. The number of nitrogens with zero attached hydrogens (tertiary/aromatic N) is 1. The van der Waals surface area contributed by atoms with Gasteiger partial charge in [0.1, 0.15) is 2.14 Å². The average Bonchev–Trinajstić information content (AvgIpc) is 2.49. The molecule has 0 aromatic carbocycles. The van der Waals surface area contributed by atoms with Crippen molar-refractivity contribution in [1.82, 2.24) is 0 Å². The summed E-state index contributed by atoms with van der Waals surface area (Å²) in [7, 11) is 0. The molecule has 0 saturated heterocycles. The van der Waals surface area contributed by atoms with Gasteiger partial charge < -0.3 is 0 Å². The third-order valence-electron chi connectivity index (χ3n) is 1.67. The SMILES string of the molecule is O=[N+]([O-])CC(c1ccsc1)C(Br)(Br)Br. The minimum absolute atomic E-state index is 0.127. The fraction of sp³-hybridized carbons (Fsp3) is 0.429. The van der Waals surface area contributed by atoms with Crippen molar-refractivity contribution in [3.05, 3.63) is 32.5 Å². The van der Waals surface area contributed by atoms with E-state index in [9.17, 15) is 10.1 Å². The molecule has 0 N–H and O–H groups in total. The van der Waals surface area contributed by atoms with Crippen LogP contribution < -0.4 is 0 Å². The molecule has 0 aliphatic rings. The van der Waals surface area contributed by atoms with E-state index in [2.05, 4.69) is 47.8 Å². The van der Waals surface area contributed by atoms with Crippen LogP contribution in [0.2, 0.25) is 0 Å². The number of rotatable bonds is 3. The Hall–Kier alpha value is 0.540. The second-order valence-electron chi connectivity index (χ2n) is 2.67. The van der Waals surface area contributed by atoms with Gasteiger partial charge in [-0.2, -0.15) is 11.3 Å². The second kappa shape index (κ2) is 5.05. The van der Waals surface area contributed by atoms with Gasteiger partial charge in [0, 0.05) is 4.92 Å². The topological polar surface area (TPSA) is 43.1 Å². The van der Waals surface area contributed by atoms with Crippen molar-refractivity contribution in [2.45, 2.75) is 8.06 Å². The zero-order valence-corrected chi connectivity index (χ0v) is 12.4. The Bertz CT molecular complexity index is 309. The first kappa shape index (κ1) is 12.6. The van der Waals surface area contributed by atoms with Crippen LogP contribution in [-0.2, 0) is 0 Å². The molecule has 3 nitrogen and oxygen atoms in total. The molecular formula is C7H6Br3NO2S. The van der Waals surface area contributed by atoms with Gasteiger partial charge in [-0.15, -0.1) is 0 Å². The Morgan fingerprint density at radius 3 is 2.57 bits per heavy atom. The Morgan fingerprint density at radius 2 is 2.21 bits per heavy atom. The van der Waals surface area contributed by atoms with Crippen LogP contribution in [0.5, 0.6) is 0 Å². The van der Waals surface area contributed by atoms with Gasteiger partial charge in [-0.1, -0.05) is 47.8 Å². The number of thiophene rings is 1. The third kappa shape index (κ3) is 3.60. The summed E-state index contributed by atoms with van der Waals surface area (Å²) in [4.78, 5) is 10.2. The Labute approximate surface area is 110 Å². The number of nitro groups is 1. The Kier molecular flexibility index (Phi) is 4.55. The monoisotopic (exact) mass is 405 g/mol. The normalized spacial score (nSPS) is 13.9. The summed E-state index contributed by atoms with van der Waals surface area (Å²) >= 11 is 11.5. The maximum atomic E-state index is 10.5. The van der Waals surface area contributed by atoms with Crippen LogP contribution >= 0.6 is 59.1 Å². The van der Waals surface area contributed by atoms with E-state index in [1.807, 2.05) is 16.8 Å². The molecule has 1 aromatic rings. The molecular weight excluding hydrogens is 402 g/mol. The predicted octanol–water partition coefficient (Wildman–Crippen LogP) is 3.95. The molecule has 1 unspecified atom stereocenters. The van der Waals surface area contributed by atoms with Gasteiger partial charge in [-0.05, 0) is 22.4 Å². The Morgan fingerprint density at radius 1 is 1.57 bits per heavy atom.